The fourth-order valence-corrected chi connectivity index (χ4v) is 1.48. The first-order chi connectivity index (χ1) is 9.35. The molecule has 1 aromatic carbocycles. The third kappa shape index (κ3) is 4.15. The number of nitrogens with zero attached hydrogens (tertiary/aromatic N) is 1. The van der Waals surface area contributed by atoms with E-state index in [1.165, 1.54) is 0 Å². The van der Waals surface area contributed by atoms with Crippen LogP contribution in [-0.2, 0) is 4.79 Å². The molecule has 1 aromatic rings. The van der Waals surface area contributed by atoms with E-state index in [2.05, 4.69) is 0 Å². The lowest BCUT2D eigenvalue weighted by Crippen LogP contribution is -2.36. The predicted octanol–water partition coefficient (Wildman–Crippen LogP) is 2.43. The molecule has 0 saturated heterocycles. The second kappa shape index (κ2) is 6.78. The van der Waals surface area contributed by atoms with Crippen LogP contribution in [0.1, 0.15) is 13.3 Å². The summed E-state index contributed by atoms with van der Waals surface area (Å²) in [4.78, 5) is 23.2. The lowest BCUT2D eigenvalue weighted by molar-refractivity contribution is -0.137. The van der Waals surface area contributed by atoms with Crippen molar-refractivity contribution in [1.29, 1.82) is 0 Å². The molecule has 5 nitrogen and oxygen atoms in total. The van der Waals surface area contributed by atoms with E-state index >= 15 is 0 Å². The quantitative estimate of drug-likeness (QED) is 0.818. The molecule has 0 fully saturated rings. The van der Waals surface area contributed by atoms with Gasteiger partial charge >= 0.3 is 12.0 Å². The van der Waals surface area contributed by atoms with Gasteiger partial charge in [-0.1, -0.05) is 0 Å². The number of rotatable bonds is 5. The average Bonchev–Trinajstić information content (AvgIpc) is 2.35. The molecule has 0 aliphatic carbocycles. The van der Waals surface area contributed by atoms with Crippen LogP contribution in [0, 0.1) is 17.5 Å². The van der Waals surface area contributed by atoms with Gasteiger partial charge < -0.3 is 15.3 Å². The molecule has 2 amide bonds. The largest absolute Gasteiger partial charge is 0.481 e. The number of amides is 2. The Bertz CT molecular complexity index is 523. The number of carboxylic acid groups (broad SMARTS) is 1. The number of halogens is 3. The van der Waals surface area contributed by atoms with Gasteiger partial charge in [0.25, 0.3) is 0 Å². The molecular formula is C12H13F3N2O3. The van der Waals surface area contributed by atoms with Gasteiger partial charge in [-0.2, -0.15) is 0 Å². The van der Waals surface area contributed by atoms with Crippen LogP contribution in [0.25, 0.3) is 0 Å². The topological polar surface area (TPSA) is 69.6 Å². The third-order valence-electron chi connectivity index (χ3n) is 2.50. The van der Waals surface area contributed by atoms with Crippen molar-refractivity contribution in [3.8, 4) is 0 Å². The number of anilines is 1. The van der Waals surface area contributed by atoms with Crippen LogP contribution in [-0.4, -0.2) is 35.1 Å². The van der Waals surface area contributed by atoms with Crippen molar-refractivity contribution in [2.45, 2.75) is 13.3 Å². The molecule has 0 aliphatic rings. The van der Waals surface area contributed by atoms with E-state index < -0.39 is 35.1 Å². The van der Waals surface area contributed by atoms with E-state index in [0.717, 1.165) is 4.90 Å². The van der Waals surface area contributed by atoms with Crippen molar-refractivity contribution >= 4 is 17.7 Å². The normalized spacial score (nSPS) is 10.2. The van der Waals surface area contributed by atoms with Gasteiger partial charge in [-0.05, 0) is 6.92 Å². The lowest BCUT2D eigenvalue weighted by atomic mass is 10.3. The zero-order chi connectivity index (χ0) is 15.3. The molecule has 0 saturated carbocycles. The van der Waals surface area contributed by atoms with Gasteiger partial charge in [-0.25, -0.2) is 18.0 Å². The molecule has 110 valence electrons. The van der Waals surface area contributed by atoms with Crippen LogP contribution in [0.3, 0.4) is 0 Å². The summed E-state index contributed by atoms with van der Waals surface area (Å²) in [6.07, 6.45) is -0.290. The maximum Gasteiger partial charge on any atom is 0.321 e. The van der Waals surface area contributed by atoms with Gasteiger partial charge in [-0.3, -0.25) is 4.79 Å². The van der Waals surface area contributed by atoms with Crippen LogP contribution in [0.15, 0.2) is 12.1 Å². The number of hydrogen-bond donors (Lipinski definition) is 2. The molecule has 0 radical (unpaired) electrons. The van der Waals surface area contributed by atoms with Crippen molar-refractivity contribution in [2.24, 2.45) is 0 Å². The number of nitrogens with one attached hydrogen (secondary N) is 1. The molecule has 0 atom stereocenters. The fraction of sp³-hybridized carbons (Fsp3) is 0.333. The number of aliphatic carboxylic acids is 1. The molecule has 2 N–H and O–H groups in total. The number of carbonyl (C=O) groups is 2. The van der Waals surface area contributed by atoms with Crippen molar-refractivity contribution in [3.05, 3.63) is 29.6 Å². The summed E-state index contributed by atoms with van der Waals surface area (Å²) in [6, 6.07) is 0.159. The number of carbonyl (C=O) groups excluding carboxylic acids is 1. The van der Waals surface area contributed by atoms with Crippen LogP contribution < -0.4 is 5.32 Å². The molecule has 0 unspecified atom stereocenters. The maximum atomic E-state index is 13.4. The van der Waals surface area contributed by atoms with Crippen LogP contribution in [0.4, 0.5) is 23.7 Å². The minimum absolute atomic E-state index is 0.100. The highest BCUT2D eigenvalue weighted by Gasteiger charge is 2.17. The standard InChI is InChI=1S/C12H13F3N2O3/c1-2-17(4-3-10(18)19)12(20)16-9-6-7(13)5-8(14)11(9)15/h5-6H,2-4H2,1H3,(H,16,20)(H,18,19). The Morgan fingerprint density at radius 2 is 1.95 bits per heavy atom. The summed E-state index contributed by atoms with van der Waals surface area (Å²) in [7, 11) is 0. The maximum absolute atomic E-state index is 13.4. The van der Waals surface area contributed by atoms with E-state index in [-0.39, 0.29) is 19.5 Å². The summed E-state index contributed by atoms with van der Waals surface area (Å²) in [6.45, 7) is 1.65. The van der Waals surface area contributed by atoms with Crippen molar-refractivity contribution in [1.82, 2.24) is 4.90 Å². The molecule has 0 spiro atoms. The molecule has 0 aliphatic heterocycles. The van der Waals surface area contributed by atoms with Gasteiger partial charge in [0, 0.05) is 25.2 Å². The summed E-state index contributed by atoms with van der Waals surface area (Å²) < 4.78 is 39.3. The molecule has 20 heavy (non-hydrogen) atoms. The number of urea groups is 1. The van der Waals surface area contributed by atoms with Crippen molar-refractivity contribution in [2.75, 3.05) is 18.4 Å². The van der Waals surface area contributed by atoms with E-state index in [1.54, 1.807) is 6.92 Å². The summed E-state index contributed by atoms with van der Waals surface area (Å²) in [5.74, 6) is -4.94. The number of benzene rings is 1. The molecule has 0 aromatic heterocycles. The zero-order valence-electron chi connectivity index (χ0n) is 10.6. The SMILES string of the molecule is CCN(CCC(=O)O)C(=O)Nc1cc(F)cc(F)c1F. The monoisotopic (exact) mass is 290 g/mol. The smallest absolute Gasteiger partial charge is 0.321 e. The Hall–Kier alpha value is -2.25. The second-order valence-electron chi connectivity index (χ2n) is 3.90. The Labute approximate surface area is 113 Å². The van der Waals surface area contributed by atoms with Gasteiger partial charge in [0.1, 0.15) is 5.82 Å². The highest BCUT2D eigenvalue weighted by Crippen LogP contribution is 2.19. The summed E-state index contributed by atoms with van der Waals surface area (Å²) in [5.41, 5.74) is -0.638. The Kier molecular flexibility index (Phi) is 5.36. The van der Waals surface area contributed by atoms with Crippen LogP contribution in [0.5, 0.6) is 0 Å². The van der Waals surface area contributed by atoms with Crippen molar-refractivity contribution in [3.63, 3.8) is 0 Å². The van der Waals surface area contributed by atoms with E-state index in [4.69, 9.17) is 5.11 Å². The third-order valence-corrected chi connectivity index (χ3v) is 2.50. The Balaban J connectivity index is 2.81. The van der Waals surface area contributed by atoms with Gasteiger partial charge in [0.2, 0.25) is 0 Å². The Morgan fingerprint density at radius 3 is 2.50 bits per heavy atom. The van der Waals surface area contributed by atoms with Crippen molar-refractivity contribution < 1.29 is 27.9 Å². The average molecular weight is 290 g/mol. The van der Waals surface area contributed by atoms with E-state index in [1.807, 2.05) is 5.32 Å². The molecule has 1 rings (SSSR count). The first-order valence-corrected chi connectivity index (χ1v) is 5.77. The van der Waals surface area contributed by atoms with Gasteiger partial charge in [-0.15, -0.1) is 0 Å². The molecule has 0 heterocycles. The van der Waals surface area contributed by atoms with E-state index in [0.29, 0.717) is 12.1 Å². The highest BCUT2D eigenvalue weighted by atomic mass is 19.2. The molecular weight excluding hydrogens is 277 g/mol. The number of hydrogen-bond acceptors (Lipinski definition) is 2. The van der Waals surface area contributed by atoms with E-state index in [9.17, 15) is 22.8 Å². The molecule has 8 heteroatoms. The minimum Gasteiger partial charge on any atom is -0.481 e. The summed E-state index contributed by atoms with van der Waals surface area (Å²) >= 11 is 0. The minimum atomic E-state index is -1.42. The zero-order valence-corrected chi connectivity index (χ0v) is 10.6. The number of carboxylic acids is 1. The summed E-state index contributed by atoms with van der Waals surface area (Å²) in [5, 5.41) is 10.5. The fourth-order valence-electron chi connectivity index (χ4n) is 1.48. The molecule has 0 bridgehead atoms. The lowest BCUT2D eigenvalue weighted by Gasteiger charge is -2.20. The first kappa shape index (κ1) is 15.8. The van der Waals surface area contributed by atoms with Gasteiger partial charge in [0.15, 0.2) is 11.6 Å². The van der Waals surface area contributed by atoms with Crippen LogP contribution >= 0.6 is 0 Å². The Morgan fingerprint density at radius 1 is 1.30 bits per heavy atom. The second-order valence-corrected chi connectivity index (χ2v) is 3.90. The highest BCUT2D eigenvalue weighted by molar-refractivity contribution is 5.89. The van der Waals surface area contributed by atoms with Gasteiger partial charge in [0.05, 0.1) is 12.1 Å². The van der Waals surface area contributed by atoms with Crippen LogP contribution in [0.2, 0.25) is 0 Å². The predicted molar refractivity (Wildman–Crippen MR) is 64.8 cm³/mol. The first-order valence-electron chi connectivity index (χ1n) is 5.77.